The van der Waals surface area contributed by atoms with Gasteiger partial charge in [-0.05, 0) is 12.1 Å². The molecule has 12 heteroatoms. The van der Waals surface area contributed by atoms with Crippen molar-refractivity contribution >= 4 is 11.9 Å². The summed E-state index contributed by atoms with van der Waals surface area (Å²) in [5, 5.41) is 7.12. The summed E-state index contributed by atoms with van der Waals surface area (Å²) in [6.07, 6.45) is 1.50. The van der Waals surface area contributed by atoms with Crippen molar-refractivity contribution < 1.29 is 37.0 Å². The quantitative estimate of drug-likeness (QED) is 0.765. The molecule has 1 amide bonds. The molecule has 0 aliphatic carbocycles. The molecule has 0 saturated carbocycles. The summed E-state index contributed by atoms with van der Waals surface area (Å²) in [4.78, 5) is 33.6. The molecule has 2 aliphatic heterocycles. The third kappa shape index (κ3) is 6.25. The summed E-state index contributed by atoms with van der Waals surface area (Å²) in [7, 11) is 0. The Bertz CT molecular complexity index is 863. The molecule has 4 heterocycles. The Hall–Kier alpha value is -2.99. The third-order valence-electron chi connectivity index (χ3n) is 4.93. The van der Waals surface area contributed by atoms with E-state index in [0.717, 1.165) is 19.6 Å². The zero-order valence-electron chi connectivity index (χ0n) is 16.4. The van der Waals surface area contributed by atoms with E-state index >= 15 is 0 Å². The number of furan rings is 1. The van der Waals surface area contributed by atoms with Crippen molar-refractivity contribution in [2.24, 2.45) is 5.92 Å². The number of aromatic nitrogens is 2. The van der Waals surface area contributed by atoms with Gasteiger partial charge in [-0.1, -0.05) is 0 Å². The highest BCUT2D eigenvalue weighted by molar-refractivity contribution is 5.92. The number of halogens is 3. The number of alkyl halides is 3. The van der Waals surface area contributed by atoms with E-state index in [-0.39, 0.29) is 12.0 Å². The Morgan fingerprint density at radius 2 is 2.00 bits per heavy atom. The molecule has 2 fully saturated rings. The van der Waals surface area contributed by atoms with Gasteiger partial charge in [0.2, 0.25) is 0 Å². The highest BCUT2D eigenvalue weighted by atomic mass is 19.4. The predicted molar refractivity (Wildman–Crippen MR) is 98.8 cm³/mol. The average Bonchev–Trinajstić information content (AvgIpc) is 3.34. The van der Waals surface area contributed by atoms with Gasteiger partial charge in [-0.25, -0.2) is 14.8 Å². The molecular formula is C19H21F3N4O5. The van der Waals surface area contributed by atoms with Crippen LogP contribution in [-0.4, -0.2) is 81.8 Å². The average molecular weight is 442 g/mol. The number of nitrogens with zero attached hydrogens (tertiary/aromatic N) is 4. The lowest BCUT2D eigenvalue weighted by molar-refractivity contribution is -0.192. The predicted octanol–water partition coefficient (Wildman–Crippen LogP) is 1.68. The lowest BCUT2D eigenvalue weighted by atomic mass is 10.1. The van der Waals surface area contributed by atoms with Crippen molar-refractivity contribution in [2.75, 3.05) is 32.8 Å². The second-order valence-corrected chi connectivity index (χ2v) is 7.14. The maximum atomic E-state index is 12.6. The van der Waals surface area contributed by atoms with Gasteiger partial charge in [0.25, 0.3) is 5.91 Å². The summed E-state index contributed by atoms with van der Waals surface area (Å²) in [5.41, 5.74) is 1.61. The fourth-order valence-electron chi connectivity index (χ4n) is 3.49. The van der Waals surface area contributed by atoms with Crippen LogP contribution in [0.5, 0.6) is 0 Å². The van der Waals surface area contributed by atoms with E-state index in [4.69, 9.17) is 19.1 Å². The van der Waals surface area contributed by atoms with E-state index in [1.807, 2.05) is 11.0 Å². The number of carbonyl (C=O) groups is 2. The van der Waals surface area contributed by atoms with Crippen molar-refractivity contribution in [3.05, 3.63) is 48.4 Å². The van der Waals surface area contributed by atoms with E-state index in [1.54, 1.807) is 24.8 Å². The molecule has 2 atom stereocenters. The molecule has 9 nitrogen and oxygen atoms in total. The van der Waals surface area contributed by atoms with E-state index < -0.39 is 12.1 Å². The smallest absolute Gasteiger partial charge is 0.475 e. The second-order valence-electron chi connectivity index (χ2n) is 7.14. The highest BCUT2D eigenvalue weighted by Gasteiger charge is 2.39. The standard InChI is InChI=1S/C17H20N4O3.C2HF3O2/c22-17(15-1-3-18-12-19-15)21-9-14-8-20(4-6-24-16(14)10-21)7-13-2-5-23-11-13;3-2(4,5)1(6)7/h1-3,5,11-12,14,16H,4,6-10H2;(H,6,7)/t14-,16+;/m0./s1. The molecule has 0 bridgehead atoms. The monoisotopic (exact) mass is 442 g/mol. The van der Waals surface area contributed by atoms with Crippen molar-refractivity contribution in [3.63, 3.8) is 0 Å². The van der Waals surface area contributed by atoms with Crippen LogP contribution in [0.1, 0.15) is 16.1 Å². The largest absolute Gasteiger partial charge is 0.490 e. The number of ether oxygens (including phenoxy) is 1. The van der Waals surface area contributed by atoms with Gasteiger partial charge in [0, 0.05) is 50.4 Å². The zero-order chi connectivity index (χ0) is 22.4. The Kier molecular flexibility index (Phi) is 7.23. The Labute approximate surface area is 175 Å². The van der Waals surface area contributed by atoms with Crippen LogP contribution in [0, 0.1) is 5.92 Å². The third-order valence-corrected chi connectivity index (χ3v) is 4.93. The van der Waals surface area contributed by atoms with Crippen molar-refractivity contribution in [3.8, 4) is 0 Å². The Balaban J connectivity index is 0.000000339. The van der Waals surface area contributed by atoms with Crippen LogP contribution >= 0.6 is 0 Å². The van der Waals surface area contributed by atoms with E-state index in [2.05, 4.69) is 14.9 Å². The van der Waals surface area contributed by atoms with Gasteiger partial charge in [0.05, 0.1) is 25.2 Å². The van der Waals surface area contributed by atoms with E-state index in [1.165, 1.54) is 11.9 Å². The minimum absolute atomic E-state index is 0.0459. The molecule has 2 saturated heterocycles. The van der Waals surface area contributed by atoms with Gasteiger partial charge in [0.1, 0.15) is 12.0 Å². The van der Waals surface area contributed by atoms with Gasteiger partial charge in [-0.3, -0.25) is 9.69 Å². The highest BCUT2D eigenvalue weighted by Crippen LogP contribution is 2.25. The van der Waals surface area contributed by atoms with Gasteiger partial charge in [0.15, 0.2) is 0 Å². The van der Waals surface area contributed by atoms with Crippen molar-refractivity contribution in [1.29, 1.82) is 0 Å². The first kappa shape index (κ1) is 22.7. The molecule has 0 spiro atoms. The number of rotatable bonds is 3. The number of fused-ring (bicyclic) bond motifs is 1. The number of hydrogen-bond acceptors (Lipinski definition) is 7. The normalized spacial score (nSPS) is 21.6. The minimum Gasteiger partial charge on any atom is -0.475 e. The fraction of sp³-hybridized carbons (Fsp3) is 0.474. The Morgan fingerprint density at radius 1 is 1.23 bits per heavy atom. The topological polar surface area (TPSA) is 109 Å². The number of likely N-dealkylation sites (tertiary alicyclic amines) is 1. The van der Waals surface area contributed by atoms with Crippen LogP contribution in [0.4, 0.5) is 13.2 Å². The molecule has 0 aromatic carbocycles. The van der Waals surface area contributed by atoms with Crippen molar-refractivity contribution in [2.45, 2.75) is 18.8 Å². The SMILES string of the molecule is O=C(O)C(F)(F)F.O=C(c1ccncn1)N1C[C@@H]2CN(Cc3ccoc3)CCO[C@@H]2C1. The molecule has 1 N–H and O–H groups in total. The van der Waals surface area contributed by atoms with E-state index in [0.29, 0.717) is 31.3 Å². The van der Waals surface area contributed by atoms with Gasteiger partial charge in [-0.15, -0.1) is 0 Å². The number of amides is 1. The zero-order valence-corrected chi connectivity index (χ0v) is 16.4. The van der Waals surface area contributed by atoms with Crippen molar-refractivity contribution in [1.82, 2.24) is 19.8 Å². The van der Waals surface area contributed by atoms with Crippen LogP contribution in [0.3, 0.4) is 0 Å². The summed E-state index contributed by atoms with van der Waals surface area (Å²) in [6.45, 7) is 4.70. The maximum Gasteiger partial charge on any atom is 0.490 e. The molecule has 0 radical (unpaired) electrons. The van der Waals surface area contributed by atoms with Crippen LogP contribution < -0.4 is 0 Å². The number of carbonyl (C=O) groups excluding carboxylic acids is 1. The van der Waals surface area contributed by atoms with Crippen LogP contribution in [0.25, 0.3) is 0 Å². The molecular weight excluding hydrogens is 421 g/mol. The van der Waals surface area contributed by atoms with Crippen LogP contribution in [0.2, 0.25) is 0 Å². The first-order valence-electron chi connectivity index (χ1n) is 9.44. The molecule has 31 heavy (non-hydrogen) atoms. The van der Waals surface area contributed by atoms with E-state index in [9.17, 15) is 18.0 Å². The lowest BCUT2D eigenvalue weighted by Gasteiger charge is -2.22. The maximum absolute atomic E-state index is 12.6. The first-order chi connectivity index (χ1) is 14.7. The van der Waals surface area contributed by atoms with Gasteiger partial charge in [-0.2, -0.15) is 13.2 Å². The van der Waals surface area contributed by atoms with Crippen LogP contribution in [-0.2, 0) is 16.1 Å². The first-order valence-corrected chi connectivity index (χ1v) is 9.44. The lowest BCUT2D eigenvalue weighted by Crippen LogP contribution is -2.34. The molecule has 2 aliphatic rings. The summed E-state index contributed by atoms with van der Waals surface area (Å²) in [5.74, 6) is -2.48. The number of hydrogen-bond donors (Lipinski definition) is 1. The van der Waals surface area contributed by atoms with Crippen LogP contribution in [0.15, 0.2) is 41.6 Å². The molecule has 2 aromatic rings. The number of carboxylic acid groups (broad SMARTS) is 1. The fourth-order valence-corrected chi connectivity index (χ4v) is 3.49. The summed E-state index contributed by atoms with van der Waals surface area (Å²) >= 11 is 0. The summed E-state index contributed by atoms with van der Waals surface area (Å²) < 4.78 is 42.9. The second kappa shape index (κ2) is 9.88. The summed E-state index contributed by atoms with van der Waals surface area (Å²) in [6, 6.07) is 3.64. The Morgan fingerprint density at radius 3 is 2.61 bits per heavy atom. The number of carboxylic acids is 1. The minimum atomic E-state index is -5.08. The number of aliphatic carboxylic acids is 1. The van der Waals surface area contributed by atoms with Gasteiger partial charge >= 0.3 is 12.1 Å². The van der Waals surface area contributed by atoms with Gasteiger partial charge < -0.3 is 19.2 Å². The molecule has 2 aromatic heterocycles. The molecule has 168 valence electrons. The molecule has 4 rings (SSSR count). The molecule has 0 unspecified atom stereocenters.